The summed E-state index contributed by atoms with van der Waals surface area (Å²) in [4.78, 5) is 14.5. The molecular weight excluding hydrogens is 262 g/mol. The van der Waals surface area contributed by atoms with Gasteiger partial charge in [0.15, 0.2) is 0 Å². The number of hydrogen-bond donors (Lipinski definition) is 2. The topological polar surface area (TPSA) is 44.4 Å². The van der Waals surface area contributed by atoms with E-state index < -0.39 is 0 Å². The maximum Gasteiger partial charge on any atom is 0.238 e. The summed E-state index contributed by atoms with van der Waals surface area (Å²) in [5, 5.41) is 6.27. The van der Waals surface area contributed by atoms with Gasteiger partial charge in [-0.05, 0) is 36.6 Å². The van der Waals surface area contributed by atoms with Gasteiger partial charge in [0.2, 0.25) is 5.91 Å². The second kappa shape index (κ2) is 7.57. The molecule has 1 amide bonds. The number of hydrogen-bond acceptors (Lipinski definition) is 3. The molecule has 4 heteroatoms. The Morgan fingerprint density at radius 1 is 1.33 bits per heavy atom. The van der Waals surface area contributed by atoms with Crippen molar-refractivity contribution in [1.82, 2.24) is 10.2 Å². The minimum atomic E-state index is 0.0765. The number of amides is 1. The standard InChI is InChI=1S/C17H27N3O/c1-4-9-20(16-10-18-11-16)12-17(21)19-15-7-5-14(6-8-15)13(2)3/h5-8,13,16,18H,4,9-12H2,1-3H3,(H,19,21). The summed E-state index contributed by atoms with van der Waals surface area (Å²) < 4.78 is 0. The highest BCUT2D eigenvalue weighted by Crippen LogP contribution is 2.17. The fourth-order valence-electron chi connectivity index (χ4n) is 2.55. The summed E-state index contributed by atoms with van der Waals surface area (Å²) in [5.74, 6) is 0.591. The molecule has 0 aliphatic carbocycles. The van der Waals surface area contributed by atoms with E-state index in [1.165, 1.54) is 5.56 Å². The van der Waals surface area contributed by atoms with Crippen molar-refractivity contribution < 1.29 is 4.79 Å². The van der Waals surface area contributed by atoms with E-state index in [1.54, 1.807) is 0 Å². The van der Waals surface area contributed by atoms with Crippen molar-refractivity contribution in [2.45, 2.75) is 39.2 Å². The Morgan fingerprint density at radius 2 is 2.00 bits per heavy atom. The first-order valence-electron chi connectivity index (χ1n) is 7.94. The lowest BCUT2D eigenvalue weighted by atomic mass is 10.0. The normalized spacial score (nSPS) is 15.3. The monoisotopic (exact) mass is 289 g/mol. The molecule has 0 spiro atoms. The molecule has 4 nitrogen and oxygen atoms in total. The van der Waals surface area contributed by atoms with Crippen LogP contribution in [-0.4, -0.2) is 43.0 Å². The molecule has 1 aliphatic rings. The number of carbonyl (C=O) groups is 1. The largest absolute Gasteiger partial charge is 0.325 e. The van der Waals surface area contributed by atoms with E-state index in [1.807, 2.05) is 12.1 Å². The van der Waals surface area contributed by atoms with Gasteiger partial charge in [-0.3, -0.25) is 9.69 Å². The van der Waals surface area contributed by atoms with Crippen molar-refractivity contribution in [3.8, 4) is 0 Å². The molecule has 1 aromatic rings. The van der Waals surface area contributed by atoms with Crippen LogP contribution in [0.2, 0.25) is 0 Å². The lowest BCUT2D eigenvalue weighted by Crippen LogP contribution is -2.58. The van der Waals surface area contributed by atoms with Crippen LogP contribution in [0.25, 0.3) is 0 Å². The fourth-order valence-corrected chi connectivity index (χ4v) is 2.55. The van der Waals surface area contributed by atoms with Crippen molar-refractivity contribution >= 4 is 11.6 Å². The Hall–Kier alpha value is -1.39. The summed E-state index contributed by atoms with van der Waals surface area (Å²) in [6.07, 6.45) is 1.08. The van der Waals surface area contributed by atoms with Gasteiger partial charge in [0, 0.05) is 24.8 Å². The molecule has 0 saturated carbocycles. The molecule has 1 heterocycles. The van der Waals surface area contributed by atoms with E-state index in [4.69, 9.17) is 0 Å². The molecule has 0 atom stereocenters. The van der Waals surface area contributed by atoms with Crippen molar-refractivity contribution in [2.75, 3.05) is 31.5 Å². The van der Waals surface area contributed by atoms with Crippen molar-refractivity contribution in [2.24, 2.45) is 0 Å². The quantitative estimate of drug-likeness (QED) is 0.810. The van der Waals surface area contributed by atoms with E-state index in [9.17, 15) is 4.79 Å². The van der Waals surface area contributed by atoms with Crippen LogP contribution in [0.15, 0.2) is 24.3 Å². The molecule has 1 fully saturated rings. The molecule has 0 radical (unpaired) electrons. The van der Waals surface area contributed by atoms with Gasteiger partial charge in [-0.2, -0.15) is 0 Å². The first-order chi connectivity index (χ1) is 10.1. The number of carbonyl (C=O) groups excluding carboxylic acids is 1. The molecule has 2 rings (SSSR count). The zero-order valence-corrected chi connectivity index (χ0v) is 13.4. The van der Waals surface area contributed by atoms with Gasteiger partial charge < -0.3 is 10.6 Å². The fraction of sp³-hybridized carbons (Fsp3) is 0.588. The lowest BCUT2D eigenvalue weighted by molar-refractivity contribution is -0.118. The number of nitrogens with zero attached hydrogens (tertiary/aromatic N) is 1. The van der Waals surface area contributed by atoms with E-state index >= 15 is 0 Å². The molecule has 0 bridgehead atoms. The number of benzene rings is 1. The highest BCUT2D eigenvalue weighted by molar-refractivity contribution is 5.92. The Labute approximate surface area is 127 Å². The van der Waals surface area contributed by atoms with Gasteiger partial charge in [0.25, 0.3) is 0 Å². The van der Waals surface area contributed by atoms with E-state index in [0.29, 0.717) is 18.5 Å². The van der Waals surface area contributed by atoms with Crippen molar-refractivity contribution in [1.29, 1.82) is 0 Å². The van der Waals surface area contributed by atoms with Crippen LogP contribution in [0.5, 0.6) is 0 Å². The van der Waals surface area contributed by atoms with Crippen molar-refractivity contribution in [3.63, 3.8) is 0 Å². The van der Waals surface area contributed by atoms with E-state index in [2.05, 4.69) is 48.4 Å². The third-order valence-corrected chi connectivity index (χ3v) is 3.99. The summed E-state index contributed by atoms with van der Waals surface area (Å²) in [6.45, 7) is 9.94. The van der Waals surface area contributed by atoms with Crippen LogP contribution in [-0.2, 0) is 4.79 Å². The third-order valence-electron chi connectivity index (χ3n) is 3.99. The SMILES string of the molecule is CCCN(CC(=O)Nc1ccc(C(C)C)cc1)C1CNC1. The molecule has 0 unspecified atom stereocenters. The average molecular weight is 289 g/mol. The minimum absolute atomic E-state index is 0.0765. The molecule has 1 aliphatic heterocycles. The summed E-state index contributed by atoms with van der Waals surface area (Å²) in [6, 6.07) is 8.66. The Kier molecular flexibility index (Phi) is 5.76. The highest BCUT2D eigenvalue weighted by atomic mass is 16.2. The predicted molar refractivity (Wildman–Crippen MR) is 87.7 cm³/mol. The van der Waals surface area contributed by atoms with Crippen LogP contribution < -0.4 is 10.6 Å². The van der Waals surface area contributed by atoms with Crippen LogP contribution >= 0.6 is 0 Å². The first kappa shape index (κ1) is 16.0. The minimum Gasteiger partial charge on any atom is -0.325 e. The third kappa shape index (κ3) is 4.55. The molecule has 2 N–H and O–H groups in total. The second-order valence-corrected chi connectivity index (χ2v) is 6.11. The molecule has 0 aromatic heterocycles. The highest BCUT2D eigenvalue weighted by Gasteiger charge is 2.25. The zero-order chi connectivity index (χ0) is 15.2. The smallest absolute Gasteiger partial charge is 0.238 e. The molecular formula is C17H27N3O. The maximum absolute atomic E-state index is 12.2. The van der Waals surface area contributed by atoms with Gasteiger partial charge in [0.1, 0.15) is 0 Å². The van der Waals surface area contributed by atoms with E-state index in [0.717, 1.165) is 31.7 Å². The summed E-state index contributed by atoms with van der Waals surface area (Å²) >= 11 is 0. The van der Waals surface area contributed by atoms with Gasteiger partial charge in [-0.15, -0.1) is 0 Å². The van der Waals surface area contributed by atoms with Crippen LogP contribution in [0.4, 0.5) is 5.69 Å². The van der Waals surface area contributed by atoms with Crippen molar-refractivity contribution in [3.05, 3.63) is 29.8 Å². The molecule has 1 aromatic carbocycles. The summed E-state index contributed by atoms with van der Waals surface area (Å²) in [5.41, 5.74) is 2.17. The first-order valence-corrected chi connectivity index (χ1v) is 7.94. The van der Waals surface area contributed by atoms with Gasteiger partial charge in [-0.25, -0.2) is 0 Å². The van der Waals surface area contributed by atoms with Gasteiger partial charge in [0.05, 0.1) is 6.54 Å². The number of rotatable bonds is 7. The lowest BCUT2D eigenvalue weighted by Gasteiger charge is -2.37. The molecule has 1 saturated heterocycles. The Bertz CT molecular complexity index is 452. The zero-order valence-electron chi connectivity index (χ0n) is 13.4. The van der Waals surface area contributed by atoms with Gasteiger partial charge in [-0.1, -0.05) is 32.9 Å². The molecule has 116 valence electrons. The van der Waals surface area contributed by atoms with Crippen LogP contribution in [0, 0.1) is 0 Å². The van der Waals surface area contributed by atoms with E-state index in [-0.39, 0.29) is 5.91 Å². The van der Waals surface area contributed by atoms with Crippen LogP contribution in [0.3, 0.4) is 0 Å². The second-order valence-electron chi connectivity index (χ2n) is 6.11. The Balaban J connectivity index is 1.87. The maximum atomic E-state index is 12.2. The predicted octanol–water partition coefficient (Wildman–Crippen LogP) is 2.43. The van der Waals surface area contributed by atoms with Gasteiger partial charge >= 0.3 is 0 Å². The molecule has 21 heavy (non-hydrogen) atoms. The number of nitrogens with one attached hydrogen (secondary N) is 2. The Morgan fingerprint density at radius 3 is 2.48 bits per heavy atom. The van der Waals surface area contributed by atoms with Crippen LogP contribution in [0.1, 0.15) is 38.7 Å². The average Bonchev–Trinajstić information content (AvgIpc) is 2.37. The number of anilines is 1. The summed E-state index contributed by atoms with van der Waals surface area (Å²) in [7, 11) is 0.